The van der Waals surface area contributed by atoms with E-state index in [-0.39, 0.29) is 11.6 Å². The van der Waals surface area contributed by atoms with E-state index in [0.29, 0.717) is 11.1 Å². The summed E-state index contributed by atoms with van der Waals surface area (Å²) in [6.45, 7) is 0. The van der Waals surface area contributed by atoms with Crippen LogP contribution in [0, 0.1) is 0 Å². The molecule has 134 valence electrons. The Bertz CT molecular complexity index is 1420. The third-order valence-electron chi connectivity index (χ3n) is 4.91. The topological polar surface area (TPSA) is 59.3 Å². The number of anilines is 1. The zero-order chi connectivity index (χ0) is 19.1. The van der Waals surface area contributed by atoms with Crippen molar-refractivity contribution in [2.24, 2.45) is 0 Å². The van der Waals surface area contributed by atoms with Crippen molar-refractivity contribution in [1.82, 2.24) is 0 Å². The molecule has 0 saturated carbocycles. The first kappa shape index (κ1) is 16.3. The Hall–Kier alpha value is -3.92. The van der Waals surface area contributed by atoms with Crippen molar-refractivity contribution in [2.45, 2.75) is 0 Å². The number of rotatable bonds is 2. The van der Waals surface area contributed by atoms with Gasteiger partial charge in [-0.2, -0.15) is 0 Å². The third kappa shape index (κ3) is 2.55. The van der Waals surface area contributed by atoms with E-state index in [1.54, 1.807) is 30.3 Å². The molecule has 28 heavy (non-hydrogen) atoms. The van der Waals surface area contributed by atoms with Crippen LogP contribution in [-0.4, -0.2) is 5.91 Å². The fraction of sp³-hybridized carbons (Fsp3) is 0. The second-order valence-corrected chi connectivity index (χ2v) is 6.60. The van der Waals surface area contributed by atoms with Crippen LogP contribution in [0.1, 0.15) is 10.4 Å². The monoisotopic (exact) mass is 365 g/mol. The molecule has 4 nitrogen and oxygen atoms in total. The molecule has 1 heterocycles. The third-order valence-corrected chi connectivity index (χ3v) is 4.91. The van der Waals surface area contributed by atoms with Crippen LogP contribution in [0.25, 0.3) is 32.5 Å². The van der Waals surface area contributed by atoms with E-state index in [1.165, 1.54) is 0 Å². The van der Waals surface area contributed by atoms with Crippen LogP contribution in [0.15, 0.2) is 94.1 Å². The van der Waals surface area contributed by atoms with Gasteiger partial charge in [-0.15, -0.1) is 0 Å². The molecule has 5 rings (SSSR count). The maximum absolute atomic E-state index is 12.6. The quantitative estimate of drug-likeness (QED) is 0.339. The van der Waals surface area contributed by atoms with E-state index >= 15 is 0 Å². The van der Waals surface area contributed by atoms with Crippen molar-refractivity contribution in [2.75, 3.05) is 5.32 Å². The Morgan fingerprint density at radius 2 is 1.21 bits per heavy atom. The predicted molar refractivity (Wildman–Crippen MR) is 112 cm³/mol. The van der Waals surface area contributed by atoms with Gasteiger partial charge in [-0.1, -0.05) is 66.7 Å². The van der Waals surface area contributed by atoms with Crippen molar-refractivity contribution in [3.8, 4) is 0 Å². The van der Waals surface area contributed by atoms with Gasteiger partial charge in [0.15, 0.2) is 0 Å². The summed E-state index contributed by atoms with van der Waals surface area (Å²) in [5.74, 6) is -0.350. The zero-order valence-electron chi connectivity index (χ0n) is 14.8. The van der Waals surface area contributed by atoms with Crippen molar-refractivity contribution >= 4 is 44.1 Å². The second-order valence-electron chi connectivity index (χ2n) is 6.60. The molecule has 0 fully saturated rings. The molecule has 0 aliphatic heterocycles. The summed E-state index contributed by atoms with van der Waals surface area (Å²) < 4.78 is 5.68. The Labute approximate surface area is 160 Å². The fourth-order valence-corrected chi connectivity index (χ4v) is 3.61. The number of amides is 1. The first-order valence-electron chi connectivity index (χ1n) is 8.96. The first-order valence-corrected chi connectivity index (χ1v) is 8.96. The molecular formula is C24H15NO3. The van der Waals surface area contributed by atoms with Crippen molar-refractivity contribution < 1.29 is 9.21 Å². The largest absolute Gasteiger partial charge is 0.421 e. The number of fused-ring (bicyclic) bond motifs is 6. The summed E-state index contributed by atoms with van der Waals surface area (Å²) in [5.41, 5.74) is 0.557. The van der Waals surface area contributed by atoms with Gasteiger partial charge in [-0.25, -0.2) is 4.79 Å². The van der Waals surface area contributed by atoms with Crippen LogP contribution in [0.4, 0.5) is 5.69 Å². The minimum Gasteiger partial charge on any atom is -0.421 e. The maximum Gasteiger partial charge on any atom is 0.360 e. The van der Waals surface area contributed by atoms with E-state index < -0.39 is 5.63 Å². The van der Waals surface area contributed by atoms with Gasteiger partial charge in [-0.3, -0.25) is 4.79 Å². The molecule has 0 spiro atoms. The Morgan fingerprint density at radius 1 is 0.679 bits per heavy atom. The van der Waals surface area contributed by atoms with Crippen molar-refractivity contribution in [3.05, 3.63) is 101 Å². The minimum absolute atomic E-state index is 0.127. The molecule has 1 N–H and O–H groups in total. The molecule has 0 aliphatic carbocycles. The zero-order valence-corrected chi connectivity index (χ0v) is 14.8. The maximum atomic E-state index is 12.6. The molecule has 5 aromatic rings. The van der Waals surface area contributed by atoms with Crippen LogP contribution >= 0.6 is 0 Å². The summed E-state index contributed by atoms with van der Waals surface area (Å²) in [5, 5.41) is 7.40. The molecule has 0 saturated heterocycles. The second kappa shape index (κ2) is 6.35. The van der Waals surface area contributed by atoms with Gasteiger partial charge < -0.3 is 9.73 Å². The van der Waals surface area contributed by atoms with Crippen molar-refractivity contribution in [3.63, 3.8) is 0 Å². The van der Waals surface area contributed by atoms with E-state index in [9.17, 15) is 9.59 Å². The molecule has 1 aromatic heterocycles. The summed E-state index contributed by atoms with van der Waals surface area (Å²) >= 11 is 0. The summed E-state index contributed by atoms with van der Waals surface area (Å²) in [4.78, 5) is 25.1. The smallest absolute Gasteiger partial charge is 0.360 e. The van der Waals surface area contributed by atoms with Gasteiger partial charge >= 0.3 is 5.63 Å². The van der Waals surface area contributed by atoms with Gasteiger partial charge in [0.05, 0.1) is 0 Å². The average Bonchev–Trinajstić information content (AvgIpc) is 2.75. The molecule has 0 atom stereocenters. The first-order chi connectivity index (χ1) is 13.7. The van der Waals surface area contributed by atoms with E-state index in [1.807, 2.05) is 54.6 Å². The van der Waals surface area contributed by atoms with Crippen LogP contribution in [0.3, 0.4) is 0 Å². The average molecular weight is 365 g/mol. The highest BCUT2D eigenvalue weighted by Crippen LogP contribution is 2.35. The molecule has 0 radical (unpaired) electrons. The SMILES string of the molecule is O=C(Nc1cc2c3ccccc3c3ccccc3c2oc1=O)c1ccccc1. The Balaban J connectivity index is 1.76. The Morgan fingerprint density at radius 3 is 1.89 bits per heavy atom. The molecule has 4 heteroatoms. The molecule has 0 bridgehead atoms. The lowest BCUT2D eigenvalue weighted by molar-refractivity contribution is 0.102. The van der Waals surface area contributed by atoms with Crippen LogP contribution in [-0.2, 0) is 0 Å². The van der Waals surface area contributed by atoms with Gasteiger partial charge in [0, 0.05) is 16.3 Å². The van der Waals surface area contributed by atoms with Crippen LogP contribution in [0.5, 0.6) is 0 Å². The Kier molecular flexibility index (Phi) is 3.69. The van der Waals surface area contributed by atoms with Gasteiger partial charge in [-0.05, 0) is 34.4 Å². The number of hydrogen-bond acceptors (Lipinski definition) is 3. The number of benzene rings is 4. The van der Waals surface area contributed by atoms with Gasteiger partial charge in [0.25, 0.3) is 5.91 Å². The van der Waals surface area contributed by atoms with E-state index in [2.05, 4.69) is 5.32 Å². The highest BCUT2D eigenvalue weighted by molar-refractivity contribution is 6.24. The number of nitrogens with one attached hydrogen (secondary N) is 1. The minimum atomic E-state index is -0.572. The highest BCUT2D eigenvalue weighted by atomic mass is 16.4. The number of carbonyl (C=O) groups is 1. The van der Waals surface area contributed by atoms with E-state index in [0.717, 1.165) is 26.9 Å². The lowest BCUT2D eigenvalue weighted by Crippen LogP contribution is -2.17. The summed E-state index contributed by atoms with van der Waals surface area (Å²) in [6.07, 6.45) is 0. The highest BCUT2D eigenvalue weighted by Gasteiger charge is 2.15. The fourth-order valence-electron chi connectivity index (χ4n) is 3.61. The summed E-state index contributed by atoms with van der Waals surface area (Å²) in [6, 6.07) is 26.3. The van der Waals surface area contributed by atoms with Gasteiger partial charge in [0.1, 0.15) is 11.3 Å². The molecule has 0 aliphatic rings. The summed E-state index contributed by atoms with van der Waals surface area (Å²) in [7, 11) is 0. The molecular weight excluding hydrogens is 350 g/mol. The van der Waals surface area contributed by atoms with Crippen LogP contribution in [0.2, 0.25) is 0 Å². The van der Waals surface area contributed by atoms with Crippen molar-refractivity contribution in [1.29, 1.82) is 0 Å². The normalized spacial score (nSPS) is 11.1. The standard InChI is InChI=1S/C24H15NO3/c26-23(15-8-2-1-3-9-15)25-21-14-20-18-12-5-4-10-16(18)17-11-6-7-13-19(17)22(20)28-24(21)27/h1-14H,(H,25,26). The van der Waals surface area contributed by atoms with E-state index in [4.69, 9.17) is 4.42 Å². The van der Waals surface area contributed by atoms with Gasteiger partial charge in [0.2, 0.25) is 0 Å². The molecule has 4 aromatic carbocycles. The lowest BCUT2D eigenvalue weighted by Gasteiger charge is -2.10. The molecule has 0 unspecified atom stereocenters. The van der Waals surface area contributed by atoms with Crippen LogP contribution < -0.4 is 10.9 Å². The predicted octanol–water partition coefficient (Wildman–Crippen LogP) is 5.35. The lowest BCUT2D eigenvalue weighted by atomic mass is 9.98. The molecule has 1 amide bonds. The number of carbonyl (C=O) groups excluding carboxylic acids is 1. The number of hydrogen-bond donors (Lipinski definition) is 1.